The standard InChI is InChI=1S/C19H29N3O2/c1-13(7-8-15-9-11-16(23-6)12-10-15)20-14(2)17-21-18(22-24-17)19(3,4)5/h9-14,20H,7-8H2,1-6H3. The van der Waals surface area contributed by atoms with Crippen molar-refractivity contribution in [3.8, 4) is 5.75 Å². The largest absolute Gasteiger partial charge is 0.497 e. The van der Waals surface area contributed by atoms with E-state index < -0.39 is 0 Å². The van der Waals surface area contributed by atoms with Gasteiger partial charge in [0.05, 0.1) is 13.2 Å². The molecule has 24 heavy (non-hydrogen) atoms. The van der Waals surface area contributed by atoms with E-state index in [1.807, 2.05) is 12.1 Å². The number of hydrogen-bond donors (Lipinski definition) is 1. The number of nitrogens with zero attached hydrogens (tertiary/aromatic N) is 2. The summed E-state index contributed by atoms with van der Waals surface area (Å²) in [6.07, 6.45) is 2.05. The van der Waals surface area contributed by atoms with E-state index in [-0.39, 0.29) is 11.5 Å². The van der Waals surface area contributed by atoms with E-state index in [0.29, 0.717) is 11.9 Å². The summed E-state index contributed by atoms with van der Waals surface area (Å²) in [4.78, 5) is 4.52. The van der Waals surface area contributed by atoms with Crippen LogP contribution in [-0.4, -0.2) is 23.3 Å². The molecule has 1 aromatic heterocycles. The molecule has 2 atom stereocenters. The predicted molar refractivity (Wildman–Crippen MR) is 95.3 cm³/mol. The van der Waals surface area contributed by atoms with E-state index in [1.165, 1.54) is 5.56 Å². The number of aryl methyl sites for hydroxylation is 1. The first kappa shape index (κ1) is 18.5. The van der Waals surface area contributed by atoms with Crippen LogP contribution in [0.3, 0.4) is 0 Å². The zero-order valence-corrected chi connectivity index (χ0v) is 15.6. The van der Waals surface area contributed by atoms with Crippen molar-refractivity contribution in [1.29, 1.82) is 0 Å². The molecule has 5 heteroatoms. The summed E-state index contributed by atoms with van der Waals surface area (Å²) in [6, 6.07) is 8.63. The van der Waals surface area contributed by atoms with Gasteiger partial charge in [-0.15, -0.1) is 0 Å². The molecular weight excluding hydrogens is 302 g/mol. The Kier molecular flexibility index (Phi) is 5.99. The Morgan fingerprint density at radius 2 is 1.83 bits per heavy atom. The maximum atomic E-state index is 5.40. The van der Waals surface area contributed by atoms with Crippen LogP contribution < -0.4 is 10.1 Å². The molecule has 1 heterocycles. The van der Waals surface area contributed by atoms with Gasteiger partial charge in [0.25, 0.3) is 0 Å². The van der Waals surface area contributed by atoms with E-state index in [1.54, 1.807) is 7.11 Å². The highest BCUT2D eigenvalue weighted by Gasteiger charge is 2.23. The van der Waals surface area contributed by atoms with Gasteiger partial charge in [0.2, 0.25) is 5.89 Å². The molecule has 0 aliphatic heterocycles. The molecule has 5 nitrogen and oxygen atoms in total. The Labute approximate surface area is 144 Å². The van der Waals surface area contributed by atoms with Crippen LogP contribution in [0.4, 0.5) is 0 Å². The summed E-state index contributed by atoms with van der Waals surface area (Å²) in [5.74, 6) is 2.29. The minimum absolute atomic E-state index is 0.0412. The smallest absolute Gasteiger partial charge is 0.243 e. The average Bonchev–Trinajstić information content (AvgIpc) is 3.04. The number of aromatic nitrogens is 2. The van der Waals surface area contributed by atoms with Gasteiger partial charge in [0, 0.05) is 11.5 Å². The predicted octanol–water partition coefficient (Wildman–Crippen LogP) is 4.05. The first-order chi connectivity index (χ1) is 11.3. The summed E-state index contributed by atoms with van der Waals surface area (Å²) < 4.78 is 10.6. The molecule has 0 amide bonds. The Balaban J connectivity index is 1.84. The van der Waals surface area contributed by atoms with E-state index >= 15 is 0 Å². The second kappa shape index (κ2) is 7.79. The molecule has 0 radical (unpaired) electrons. The number of methoxy groups -OCH3 is 1. The number of benzene rings is 1. The minimum Gasteiger partial charge on any atom is -0.497 e. The Hall–Kier alpha value is -1.88. The third kappa shape index (κ3) is 5.06. The van der Waals surface area contributed by atoms with E-state index in [9.17, 15) is 0 Å². The fourth-order valence-electron chi connectivity index (χ4n) is 2.47. The average molecular weight is 331 g/mol. The lowest BCUT2D eigenvalue weighted by Gasteiger charge is -2.17. The van der Waals surface area contributed by atoms with Crippen molar-refractivity contribution in [1.82, 2.24) is 15.5 Å². The molecule has 0 saturated heterocycles. The van der Waals surface area contributed by atoms with Gasteiger partial charge in [0.1, 0.15) is 5.75 Å². The molecule has 1 aromatic carbocycles. The summed E-state index contributed by atoms with van der Waals surface area (Å²) >= 11 is 0. The quantitative estimate of drug-likeness (QED) is 0.829. The van der Waals surface area contributed by atoms with Gasteiger partial charge in [0.15, 0.2) is 5.82 Å². The van der Waals surface area contributed by atoms with Gasteiger partial charge in [-0.3, -0.25) is 0 Å². The van der Waals surface area contributed by atoms with Crippen LogP contribution in [0.5, 0.6) is 5.75 Å². The van der Waals surface area contributed by atoms with E-state index in [0.717, 1.165) is 24.4 Å². The number of hydrogen-bond acceptors (Lipinski definition) is 5. The van der Waals surface area contributed by atoms with Crippen LogP contribution in [-0.2, 0) is 11.8 Å². The van der Waals surface area contributed by atoms with Crippen LogP contribution in [0.2, 0.25) is 0 Å². The van der Waals surface area contributed by atoms with Gasteiger partial charge in [-0.2, -0.15) is 4.98 Å². The first-order valence-electron chi connectivity index (χ1n) is 8.52. The molecule has 132 valence electrons. The fraction of sp³-hybridized carbons (Fsp3) is 0.579. The normalized spacial score (nSPS) is 14.4. The molecule has 0 aliphatic rings. The second-order valence-corrected chi connectivity index (χ2v) is 7.38. The van der Waals surface area contributed by atoms with Gasteiger partial charge < -0.3 is 14.6 Å². The number of ether oxygens (including phenoxy) is 1. The number of nitrogens with one attached hydrogen (secondary N) is 1. The third-order valence-electron chi connectivity index (χ3n) is 4.04. The van der Waals surface area contributed by atoms with Crippen molar-refractivity contribution in [2.24, 2.45) is 0 Å². The van der Waals surface area contributed by atoms with Crippen LogP contribution in [0.25, 0.3) is 0 Å². The van der Waals surface area contributed by atoms with Crippen molar-refractivity contribution in [2.45, 2.75) is 65.0 Å². The van der Waals surface area contributed by atoms with Crippen LogP contribution in [0, 0.1) is 0 Å². The molecule has 0 spiro atoms. The lowest BCUT2D eigenvalue weighted by molar-refractivity contribution is 0.317. The molecule has 0 bridgehead atoms. The van der Waals surface area contributed by atoms with Crippen LogP contribution in [0.1, 0.15) is 64.4 Å². The van der Waals surface area contributed by atoms with Crippen molar-refractivity contribution >= 4 is 0 Å². The Morgan fingerprint density at radius 1 is 1.17 bits per heavy atom. The highest BCUT2D eigenvalue weighted by molar-refractivity contribution is 5.27. The van der Waals surface area contributed by atoms with Crippen LogP contribution >= 0.6 is 0 Å². The molecule has 2 unspecified atom stereocenters. The van der Waals surface area contributed by atoms with Gasteiger partial charge in [-0.05, 0) is 44.4 Å². The fourth-order valence-corrected chi connectivity index (χ4v) is 2.47. The molecule has 2 rings (SSSR count). The van der Waals surface area contributed by atoms with Crippen molar-refractivity contribution < 1.29 is 9.26 Å². The summed E-state index contributed by atoms with van der Waals surface area (Å²) in [7, 11) is 1.69. The van der Waals surface area contributed by atoms with Crippen LogP contribution in [0.15, 0.2) is 28.8 Å². The van der Waals surface area contributed by atoms with Crippen molar-refractivity contribution in [2.75, 3.05) is 7.11 Å². The highest BCUT2D eigenvalue weighted by atomic mass is 16.5. The summed E-state index contributed by atoms with van der Waals surface area (Å²) in [6.45, 7) is 10.5. The topological polar surface area (TPSA) is 60.2 Å². The molecule has 1 N–H and O–H groups in total. The molecule has 2 aromatic rings. The third-order valence-corrected chi connectivity index (χ3v) is 4.04. The Bertz CT molecular complexity index is 629. The Morgan fingerprint density at radius 3 is 2.38 bits per heavy atom. The lowest BCUT2D eigenvalue weighted by Crippen LogP contribution is -2.29. The van der Waals surface area contributed by atoms with Crippen molar-refractivity contribution in [3.05, 3.63) is 41.5 Å². The minimum atomic E-state index is -0.0958. The monoisotopic (exact) mass is 331 g/mol. The molecule has 0 fully saturated rings. The lowest BCUT2D eigenvalue weighted by atomic mass is 9.96. The first-order valence-corrected chi connectivity index (χ1v) is 8.52. The van der Waals surface area contributed by atoms with E-state index in [2.05, 4.69) is 62.2 Å². The van der Waals surface area contributed by atoms with E-state index in [4.69, 9.17) is 9.26 Å². The zero-order valence-electron chi connectivity index (χ0n) is 15.6. The highest BCUT2D eigenvalue weighted by Crippen LogP contribution is 2.21. The SMILES string of the molecule is COc1ccc(CCC(C)NC(C)c2nc(C(C)(C)C)no2)cc1. The second-order valence-electron chi connectivity index (χ2n) is 7.38. The van der Waals surface area contributed by atoms with Gasteiger partial charge >= 0.3 is 0 Å². The van der Waals surface area contributed by atoms with Gasteiger partial charge in [-0.25, -0.2) is 0 Å². The number of rotatable bonds is 7. The maximum Gasteiger partial charge on any atom is 0.243 e. The summed E-state index contributed by atoms with van der Waals surface area (Å²) in [5, 5.41) is 7.62. The molecule has 0 aliphatic carbocycles. The summed E-state index contributed by atoms with van der Waals surface area (Å²) in [5.41, 5.74) is 1.21. The zero-order chi connectivity index (χ0) is 17.7. The maximum absolute atomic E-state index is 5.40. The van der Waals surface area contributed by atoms with Gasteiger partial charge in [-0.1, -0.05) is 38.1 Å². The van der Waals surface area contributed by atoms with Crippen molar-refractivity contribution in [3.63, 3.8) is 0 Å². The molecular formula is C19H29N3O2. The molecule has 0 saturated carbocycles.